The van der Waals surface area contributed by atoms with E-state index in [1.165, 1.54) is 27.1 Å². The number of pyridine rings is 1. The quantitative estimate of drug-likeness (QED) is 0.499. The van der Waals surface area contributed by atoms with Gasteiger partial charge in [0.15, 0.2) is 5.58 Å². The summed E-state index contributed by atoms with van der Waals surface area (Å²) in [6.45, 7) is 0.599. The minimum atomic E-state index is -3.72. The van der Waals surface area contributed by atoms with E-state index in [2.05, 4.69) is 4.98 Å². The first-order valence-corrected chi connectivity index (χ1v) is 11.0. The molecule has 0 aliphatic carbocycles. The van der Waals surface area contributed by atoms with Gasteiger partial charge in [-0.15, -0.1) is 0 Å². The van der Waals surface area contributed by atoms with Gasteiger partial charge >= 0.3 is 5.76 Å². The predicted octanol–water partition coefficient (Wildman–Crippen LogP) is 2.52. The maximum absolute atomic E-state index is 13.1. The minimum absolute atomic E-state index is 0.124. The van der Waals surface area contributed by atoms with Crippen molar-refractivity contribution in [2.45, 2.75) is 17.4 Å². The van der Waals surface area contributed by atoms with Crippen LogP contribution in [-0.2, 0) is 17.1 Å². The Labute approximate surface area is 172 Å². The number of aromatic nitrogens is 2. The van der Waals surface area contributed by atoms with Crippen LogP contribution in [0.15, 0.2) is 68.8 Å². The SMILES string of the molecule is Cn1c(=O)oc2ccc(S(=O)(=O)N3CCC(Oc4cccc5cccnc45)C3)cc21. The van der Waals surface area contributed by atoms with Gasteiger partial charge in [-0.05, 0) is 36.8 Å². The van der Waals surface area contributed by atoms with E-state index >= 15 is 0 Å². The number of fused-ring (bicyclic) bond motifs is 2. The fraction of sp³-hybridized carbons (Fsp3) is 0.238. The summed E-state index contributed by atoms with van der Waals surface area (Å²) in [5.41, 5.74) is 1.55. The molecule has 1 aliphatic rings. The molecule has 30 heavy (non-hydrogen) atoms. The summed E-state index contributed by atoms with van der Waals surface area (Å²) in [5, 5.41) is 0.969. The number of para-hydroxylation sites is 1. The van der Waals surface area contributed by atoms with Crippen LogP contribution in [0, 0.1) is 0 Å². The molecule has 0 bridgehead atoms. The van der Waals surface area contributed by atoms with E-state index in [-0.39, 0.29) is 17.5 Å². The maximum atomic E-state index is 13.1. The van der Waals surface area contributed by atoms with Gasteiger partial charge in [-0.1, -0.05) is 18.2 Å². The Hall–Kier alpha value is -3.17. The van der Waals surface area contributed by atoms with E-state index in [4.69, 9.17) is 9.15 Å². The average Bonchev–Trinajstić information content (AvgIpc) is 3.33. The van der Waals surface area contributed by atoms with Crippen molar-refractivity contribution in [3.63, 3.8) is 0 Å². The molecule has 154 valence electrons. The van der Waals surface area contributed by atoms with Crippen molar-refractivity contribution in [1.29, 1.82) is 0 Å². The molecule has 2 aromatic carbocycles. The van der Waals surface area contributed by atoms with Gasteiger partial charge in [0, 0.05) is 25.2 Å². The van der Waals surface area contributed by atoms with Crippen LogP contribution in [0.4, 0.5) is 0 Å². The van der Waals surface area contributed by atoms with Crippen LogP contribution in [0.3, 0.4) is 0 Å². The Morgan fingerprint density at radius 1 is 1.17 bits per heavy atom. The van der Waals surface area contributed by atoms with Gasteiger partial charge in [-0.2, -0.15) is 4.31 Å². The van der Waals surface area contributed by atoms with E-state index in [0.717, 1.165) is 10.9 Å². The molecule has 2 aromatic heterocycles. The van der Waals surface area contributed by atoms with Crippen LogP contribution in [0.1, 0.15) is 6.42 Å². The second-order valence-corrected chi connectivity index (χ2v) is 9.22. The summed E-state index contributed by atoms with van der Waals surface area (Å²) in [6, 6.07) is 14.0. The third-order valence-electron chi connectivity index (χ3n) is 5.40. The molecule has 1 fully saturated rings. The number of rotatable bonds is 4. The first kappa shape index (κ1) is 18.8. The number of aryl methyl sites for hydroxylation is 1. The number of sulfonamides is 1. The molecule has 1 unspecified atom stereocenters. The molecule has 0 radical (unpaired) electrons. The average molecular weight is 425 g/mol. The first-order chi connectivity index (χ1) is 14.4. The molecular formula is C21H19N3O5S. The van der Waals surface area contributed by atoms with Crippen LogP contribution in [0.5, 0.6) is 5.75 Å². The second-order valence-electron chi connectivity index (χ2n) is 7.28. The van der Waals surface area contributed by atoms with Crippen LogP contribution in [-0.4, -0.2) is 41.5 Å². The van der Waals surface area contributed by atoms with Gasteiger partial charge in [0.25, 0.3) is 0 Å². The molecule has 1 aliphatic heterocycles. The molecular weight excluding hydrogens is 406 g/mol. The lowest BCUT2D eigenvalue weighted by Gasteiger charge is -2.18. The van der Waals surface area contributed by atoms with Crippen molar-refractivity contribution < 1.29 is 17.6 Å². The smallest absolute Gasteiger partial charge is 0.419 e. The summed E-state index contributed by atoms with van der Waals surface area (Å²) in [4.78, 5) is 16.2. The monoisotopic (exact) mass is 425 g/mol. The second kappa shape index (κ2) is 6.96. The summed E-state index contributed by atoms with van der Waals surface area (Å²) < 4.78 is 40.2. The fourth-order valence-corrected chi connectivity index (χ4v) is 5.29. The Morgan fingerprint density at radius 2 is 2.00 bits per heavy atom. The number of nitrogens with zero attached hydrogens (tertiary/aromatic N) is 3. The Bertz CT molecular complexity index is 1420. The fourth-order valence-electron chi connectivity index (χ4n) is 3.78. The molecule has 9 heteroatoms. The highest BCUT2D eigenvalue weighted by atomic mass is 32.2. The summed E-state index contributed by atoms with van der Waals surface area (Å²) in [7, 11) is -2.18. The summed E-state index contributed by atoms with van der Waals surface area (Å²) in [6.07, 6.45) is 2.02. The van der Waals surface area contributed by atoms with E-state index in [1.54, 1.807) is 13.2 Å². The van der Waals surface area contributed by atoms with Crippen molar-refractivity contribution in [1.82, 2.24) is 13.9 Å². The summed E-state index contributed by atoms with van der Waals surface area (Å²) in [5.74, 6) is 0.116. The maximum Gasteiger partial charge on any atom is 0.419 e. The van der Waals surface area contributed by atoms with Crippen LogP contribution < -0.4 is 10.5 Å². The van der Waals surface area contributed by atoms with E-state index in [1.807, 2.05) is 30.3 Å². The number of benzene rings is 2. The lowest BCUT2D eigenvalue weighted by molar-refractivity contribution is 0.218. The van der Waals surface area contributed by atoms with E-state index in [9.17, 15) is 13.2 Å². The largest absolute Gasteiger partial charge is 0.487 e. The normalized spacial score (nSPS) is 17.7. The zero-order valence-electron chi connectivity index (χ0n) is 16.2. The van der Waals surface area contributed by atoms with Crippen molar-refractivity contribution in [3.05, 3.63) is 65.3 Å². The standard InChI is InChI=1S/C21H19N3O5S/c1-23-17-12-16(7-8-18(17)29-21(23)25)30(26,27)24-11-9-15(13-24)28-19-6-2-4-14-5-3-10-22-20(14)19/h2-8,10,12,15H,9,11,13H2,1H3. The number of hydrogen-bond donors (Lipinski definition) is 0. The van der Waals surface area contributed by atoms with Crippen molar-refractivity contribution in [2.75, 3.05) is 13.1 Å². The van der Waals surface area contributed by atoms with Gasteiger partial charge in [-0.3, -0.25) is 9.55 Å². The number of oxazole rings is 1. The molecule has 5 rings (SSSR count). The highest BCUT2D eigenvalue weighted by Gasteiger charge is 2.34. The highest BCUT2D eigenvalue weighted by molar-refractivity contribution is 7.89. The van der Waals surface area contributed by atoms with Gasteiger partial charge in [0.2, 0.25) is 10.0 Å². The lowest BCUT2D eigenvalue weighted by Crippen LogP contribution is -2.31. The number of ether oxygens (including phenoxy) is 1. The molecule has 8 nitrogen and oxygen atoms in total. The summed E-state index contributed by atoms with van der Waals surface area (Å²) >= 11 is 0. The van der Waals surface area contributed by atoms with Crippen LogP contribution >= 0.6 is 0 Å². The molecule has 0 N–H and O–H groups in total. The molecule has 4 aromatic rings. The zero-order chi connectivity index (χ0) is 20.9. The molecule has 0 spiro atoms. The Morgan fingerprint density at radius 3 is 2.87 bits per heavy atom. The van der Waals surface area contributed by atoms with E-state index < -0.39 is 15.8 Å². The Kier molecular flexibility index (Phi) is 4.37. The molecule has 0 amide bonds. The number of hydrogen-bond acceptors (Lipinski definition) is 6. The molecule has 1 atom stereocenters. The lowest BCUT2D eigenvalue weighted by atomic mass is 10.2. The third kappa shape index (κ3) is 3.06. The topological polar surface area (TPSA) is 94.6 Å². The van der Waals surface area contributed by atoms with Crippen molar-refractivity contribution in [2.24, 2.45) is 7.05 Å². The van der Waals surface area contributed by atoms with Crippen molar-refractivity contribution >= 4 is 32.0 Å². The molecule has 1 saturated heterocycles. The molecule has 0 saturated carbocycles. The van der Waals surface area contributed by atoms with Gasteiger partial charge in [0.05, 0.1) is 17.0 Å². The van der Waals surface area contributed by atoms with Crippen LogP contribution in [0.25, 0.3) is 22.0 Å². The minimum Gasteiger partial charge on any atom is -0.487 e. The van der Waals surface area contributed by atoms with Crippen molar-refractivity contribution in [3.8, 4) is 5.75 Å². The highest BCUT2D eigenvalue weighted by Crippen LogP contribution is 2.29. The van der Waals surface area contributed by atoms with Gasteiger partial charge < -0.3 is 9.15 Å². The first-order valence-electron chi connectivity index (χ1n) is 9.53. The van der Waals surface area contributed by atoms with Gasteiger partial charge in [0.1, 0.15) is 17.4 Å². The Balaban J connectivity index is 1.39. The molecule has 3 heterocycles. The third-order valence-corrected chi connectivity index (χ3v) is 7.26. The van der Waals surface area contributed by atoms with Crippen LogP contribution in [0.2, 0.25) is 0 Å². The zero-order valence-corrected chi connectivity index (χ0v) is 17.0. The van der Waals surface area contributed by atoms with Gasteiger partial charge in [-0.25, -0.2) is 13.2 Å². The van der Waals surface area contributed by atoms with E-state index in [0.29, 0.717) is 29.8 Å². The predicted molar refractivity (Wildman–Crippen MR) is 111 cm³/mol.